The maximum absolute atomic E-state index is 13.0. The molecule has 3 rings (SSSR count). The minimum Gasteiger partial charge on any atom is -0.497 e. The SMILES string of the molecule is CCCCCCCCCCCCCCCc1cccc(OC)c1C1N=C(OCc2ccc(OC)cc2)NC(C)=C1C(=O)OC. The van der Waals surface area contributed by atoms with E-state index in [1.165, 1.54) is 84.2 Å². The van der Waals surface area contributed by atoms with Gasteiger partial charge in [0.15, 0.2) is 0 Å². The molecular weight excluding hydrogens is 552 g/mol. The van der Waals surface area contributed by atoms with E-state index in [9.17, 15) is 4.79 Å². The number of methoxy groups -OCH3 is 3. The highest BCUT2D eigenvalue weighted by atomic mass is 16.5. The van der Waals surface area contributed by atoms with Gasteiger partial charge in [-0.3, -0.25) is 0 Å². The molecule has 0 saturated carbocycles. The van der Waals surface area contributed by atoms with E-state index in [1.54, 1.807) is 14.2 Å². The molecule has 1 aliphatic rings. The van der Waals surface area contributed by atoms with E-state index in [2.05, 4.69) is 18.3 Å². The van der Waals surface area contributed by atoms with Crippen LogP contribution < -0.4 is 14.8 Å². The minimum absolute atomic E-state index is 0.321. The van der Waals surface area contributed by atoms with Crippen molar-refractivity contribution in [1.82, 2.24) is 5.32 Å². The van der Waals surface area contributed by atoms with Crippen molar-refractivity contribution in [3.05, 3.63) is 70.4 Å². The summed E-state index contributed by atoms with van der Waals surface area (Å²) >= 11 is 0. The number of allylic oxidation sites excluding steroid dienone is 1. The monoisotopic (exact) mass is 606 g/mol. The van der Waals surface area contributed by atoms with Gasteiger partial charge in [-0.15, -0.1) is 0 Å². The van der Waals surface area contributed by atoms with Gasteiger partial charge < -0.3 is 24.3 Å². The molecule has 1 atom stereocenters. The van der Waals surface area contributed by atoms with Gasteiger partial charge in [0.2, 0.25) is 0 Å². The average Bonchev–Trinajstić information content (AvgIpc) is 3.05. The number of aryl methyl sites for hydroxylation is 1. The number of rotatable bonds is 20. The van der Waals surface area contributed by atoms with Crippen LogP contribution >= 0.6 is 0 Å². The van der Waals surface area contributed by atoms with Crippen molar-refractivity contribution >= 4 is 12.0 Å². The lowest BCUT2D eigenvalue weighted by Gasteiger charge is -2.28. The lowest BCUT2D eigenvalue weighted by Crippen LogP contribution is -2.34. The normalized spacial score (nSPS) is 14.6. The average molecular weight is 607 g/mol. The summed E-state index contributed by atoms with van der Waals surface area (Å²) in [5.74, 6) is 1.07. The van der Waals surface area contributed by atoms with Crippen molar-refractivity contribution in [1.29, 1.82) is 0 Å². The maximum Gasteiger partial charge on any atom is 0.338 e. The van der Waals surface area contributed by atoms with Crippen LogP contribution in [0.5, 0.6) is 11.5 Å². The quantitative estimate of drug-likeness (QED) is 0.120. The predicted molar refractivity (Wildman–Crippen MR) is 178 cm³/mol. The highest BCUT2D eigenvalue weighted by Gasteiger charge is 2.34. The van der Waals surface area contributed by atoms with Crippen molar-refractivity contribution in [3.8, 4) is 11.5 Å². The number of amidine groups is 1. The second-order valence-electron chi connectivity index (χ2n) is 11.7. The van der Waals surface area contributed by atoms with Gasteiger partial charge in [0.1, 0.15) is 24.1 Å². The molecule has 7 nitrogen and oxygen atoms in total. The number of hydrogen-bond donors (Lipinski definition) is 1. The van der Waals surface area contributed by atoms with Crippen LogP contribution in [0.2, 0.25) is 0 Å². The minimum atomic E-state index is -0.609. The number of benzene rings is 2. The third-order valence-electron chi connectivity index (χ3n) is 8.36. The summed E-state index contributed by atoms with van der Waals surface area (Å²) in [4.78, 5) is 17.9. The van der Waals surface area contributed by atoms with E-state index in [1.807, 2.05) is 43.3 Å². The molecule has 0 aromatic heterocycles. The summed E-state index contributed by atoms with van der Waals surface area (Å²) in [6, 6.07) is 13.5. The van der Waals surface area contributed by atoms with E-state index >= 15 is 0 Å². The summed E-state index contributed by atoms with van der Waals surface area (Å²) in [5, 5.41) is 3.17. The highest BCUT2D eigenvalue weighted by molar-refractivity contribution is 5.94. The summed E-state index contributed by atoms with van der Waals surface area (Å²) in [7, 11) is 4.70. The van der Waals surface area contributed by atoms with Crippen molar-refractivity contribution in [3.63, 3.8) is 0 Å². The molecule has 7 heteroatoms. The largest absolute Gasteiger partial charge is 0.497 e. The number of ether oxygens (including phenoxy) is 4. The summed E-state index contributed by atoms with van der Waals surface area (Å²) in [5.41, 5.74) is 4.11. The molecule has 2 aromatic rings. The Labute approximate surface area is 265 Å². The summed E-state index contributed by atoms with van der Waals surface area (Å²) in [6.45, 7) is 4.45. The number of aliphatic imine (C=N–C) groups is 1. The number of unbranched alkanes of at least 4 members (excludes halogenated alkanes) is 12. The standard InChI is InChI=1S/C37H54N2O5/c1-6-7-8-9-10-11-12-13-14-15-16-17-18-20-30-21-19-22-32(42-4)34(30)35-33(36(40)43-5)28(2)38-37(39-35)44-27-29-23-25-31(41-3)26-24-29/h19,21-26,35H,6-18,20,27H2,1-5H3,(H,38,39). The van der Waals surface area contributed by atoms with E-state index in [4.69, 9.17) is 23.9 Å². The van der Waals surface area contributed by atoms with Gasteiger partial charge in [-0.05, 0) is 49.1 Å². The number of carbonyl (C=O) groups excluding carboxylic acids is 1. The zero-order chi connectivity index (χ0) is 31.6. The number of nitrogens with one attached hydrogen (secondary N) is 1. The van der Waals surface area contributed by atoms with Gasteiger partial charge in [-0.2, -0.15) is 0 Å². The number of nitrogens with zero attached hydrogens (tertiary/aromatic N) is 1. The Morgan fingerprint density at radius 2 is 1.41 bits per heavy atom. The molecule has 2 aromatic carbocycles. The molecule has 44 heavy (non-hydrogen) atoms. The van der Waals surface area contributed by atoms with Crippen molar-refractivity contribution < 1.29 is 23.7 Å². The van der Waals surface area contributed by atoms with Crippen LogP contribution in [-0.4, -0.2) is 33.3 Å². The van der Waals surface area contributed by atoms with E-state index in [0.717, 1.165) is 35.3 Å². The summed E-state index contributed by atoms with van der Waals surface area (Å²) < 4.78 is 22.4. The Morgan fingerprint density at radius 3 is 1.98 bits per heavy atom. The third-order valence-corrected chi connectivity index (χ3v) is 8.36. The molecule has 1 N–H and O–H groups in total. The van der Waals surface area contributed by atoms with Crippen LogP contribution in [0.25, 0.3) is 0 Å². The molecule has 0 saturated heterocycles. The van der Waals surface area contributed by atoms with Crippen LogP contribution in [0.1, 0.15) is 120 Å². The third kappa shape index (κ3) is 10.9. The molecule has 0 bridgehead atoms. The molecule has 242 valence electrons. The molecule has 1 aliphatic heterocycles. The van der Waals surface area contributed by atoms with E-state index < -0.39 is 12.0 Å². The Kier molecular flexibility index (Phi) is 15.7. The number of esters is 1. The van der Waals surface area contributed by atoms with Gasteiger partial charge in [0, 0.05) is 11.3 Å². The summed E-state index contributed by atoms with van der Waals surface area (Å²) in [6.07, 6.45) is 18.0. The molecule has 0 radical (unpaired) electrons. The molecule has 0 spiro atoms. The Morgan fingerprint density at radius 1 is 0.795 bits per heavy atom. The zero-order valence-electron chi connectivity index (χ0n) is 27.7. The molecule has 1 heterocycles. The first-order chi connectivity index (χ1) is 21.5. The fourth-order valence-electron chi connectivity index (χ4n) is 5.81. The van der Waals surface area contributed by atoms with Crippen LogP contribution in [0, 0.1) is 0 Å². The maximum atomic E-state index is 13.0. The molecule has 0 fully saturated rings. The fraction of sp³-hybridized carbons (Fsp3) is 0.568. The first-order valence-corrected chi connectivity index (χ1v) is 16.6. The smallest absolute Gasteiger partial charge is 0.338 e. The first-order valence-electron chi connectivity index (χ1n) is 16.6. The Hall–Kier alpha value is -3.48. The molecule has 1 unspecified atom stereocenters. The van der Waals surface area contributed by atoms with Crippen LogP contribution in [0.3, 0.4) is 0 Å². The molecular formula is C37H54N2O5. The fourth-order valence-corrected chi connectivity index (χ4v) is 5.81. The Bertz CT molecular complexity index is 1200. The number of carbonyl (C=O) groups is 1. The van der Waals surface area contributed by atoms with Crippen molar-refractivity contribution in [2.45, 2.75) is 116 Å². The highest BCUT2D eigenvalue weighted by Crippen LogP contribution is 2.39. The second kappa shape index (κ2) is 19.7. The van der Waals surface area contributed by atoms with Crippen molar-refractivity contribution in [2.24, 2.45) is 4.99 Å². The van der Waals surface area contributed by atoms with Crippen LogP contribution in [-0.2, 0) is 27.3 Å². The van der Waals surface area contributed by atoms with E-state index in [-0.39, 0.29) is 0 Å². The zero-order valence-corrected chi connectivity index (χ0v) is 27.7. The molecule has 0 amide bonds. The molecule has 0 aliphatic carbocycles. The second-order valence-corrected chi connectivity index (χ2v) is 11.7. The number of hydrogen-bond acceptors (Lipinski definition) is 7. The van der Waals surface area contributed by atoms with Gasteiger partial charge in [0.25, 0.3) is 6.02 Å². The first kappa shape index (κ1) is 35.0. The topological polar surface area (TPSA) is 78.4 Å². The van der Waals surface area contributed by atoms with Crippen molar-refractivity contribution in [2.75, 3.05) is 21.3 Å². The van der Waals surface area contributed by atoms with Crippen LogP contribution in [0.15, 0.2) is 58.7 Å². The predicted octanol–water partition coefficient (Wildman–Crippen LogP) is 9.00. The lowest BCUT2D eigenvalue weighted by atomic mass is 9.89. The lowest BCUT2D eigenvalue weighted by molar-refractivity contribution is -0.136. The van der Waals surface area contributed by atoms with Gasteiger partial charge in [0.05, 0.1) is 26.9 Å². The van der Waals surface area contributed by atoms with E-state index in [0.29, 0.717) is 29.6 Å². The van der Waals surface area contributed by atoms with Gasteiger partial charge in [-0.1, -0.05) is 108 Å². The van der Waals surface area contributed by atoms with Gasteiger partial charge in [-0.25, -0.2) is 9.79 Å². The Balaban J connectivity index is 1.63. The van der Waals surface area contributed by atoms with Gasteiger partial charge >= 0.3 is 5.97 Å². The van der Waals surface area contributed by atoms with Crippen LogP contribution in [0.4, 0.5) is 0 Å².